The molecule has 2 amide bonds. The summed E-state index contributed by atoms with van der Waals surface area (Å²) in [6.45, 7) is 5.06. The largest absolute Gasteiger partial charge is 0.338 e. The molecule has 4 bridgehead atoms. The Morgan fingerprint density at radius 1 is 1.16 bits per heavy atom. The van der Waals surface area contributed by atoms with Crippen molar-refractivity contribution in [2.45, 2.75) is 64.8 Å². The Morgan fingerprint density at radius 2 is 1.68 bits per heavy atom. The third kappa shape index (κ3) is 2.75. The smallest absolute Gasteiger partial charge is 0.315 e. The number of carbonyl (C=O) groups is 1. The van der Waals surface area contributed by atoms with Gasteiger partial charge in [0.25, 0.3) is 0 Å². The molecule has 19 heavy (non-hydrogen) atoms. The predicted octanol–water partition coefficient (Wildman–Crippen LogP) is 3.30. The van der Waals surface area contributed by atoms with Crippen molar-refractivity contribution in [1.29, 1.82) is 0 Å². The number of nitrogens with one attached hydrogen (secondary N) is 2. The van der Waals surface area contributed by atoms with Crippen LogP contribution in [0, 0.1) is 23.2 Å². The molecule has 0 aromatic heterocycles. The van der Waals surface area contributed by atoms with Crippen molar-refractivity contribution in [1.82, 2.24) is 10.6 Å². The summed E-state index contributed by atoms with van der Waals surface area (Å²) < 4.78 is 0. The third-order valence-electron chi connectivity index (χ3n) is 5.78. The van der Waals surface area contributed by atoms with E-state index in [9.17, 15) is 4.79 Å². The first-order chi connectivity index (χ1) is 9.08. The second-order valence-corrected chi connectivity index (χ2v) is 7.55. The fourth-order valence-corrected chi connectivity index (χ4v) is 5.15. The van der Waals surface area contributed by atoms with Gasteiger partial charge in [-0.2, -0.15) is 0 Å². The van der Waals surface area contributed by atoms with Gasteiger partial charge in [-0.25, -0.2) is 4.79 Å². The summed E-state index contributed by atoms with van der Waals surface area (Å²) in [6.07, 6.45) is 9.49. The van der Waals surface area contributed by atoms with Crippen molar-refractivity contribution in [2.24, 2.45) is 23.2 Å². The van der Waals surface area contributed by atoms with Crippen LogP contribution < -0.4 is 10.6 Å². The first-order valence-electron chi connectivity index (χ1n) is 8.13. The van der Waals surface area contributed by atoms with Crippen LogP contribution >= 0.6 is 0 Å². The molecule has 0 spiro atoms. The summed E-state index contributed by atoms with van der Waals surface area (Å²) in [4.78, 5) is 11.9. The van der Waals surface area contributed by atoms with Crippen molar-refractivity contribution >= 4 is 6.03 Å². The monoisotopic (exact) mass is 264 g/mol. The van der Waals surface area contributed by atoms with Crippen LogP contribution in [0.4, 0.5) is 4.79 Å². The zero-order chi connectivity index (χ0) is 13.5. The predicted molar refractivity (Wildman–Crippen MR) is 76.9 cm³/mol. The molecule has 0 unspecified atom stereocenters. The minimum Gasteiger partial charge on any atom is -0.338 e. The zero-order valence-corrected chi connectivity index (χ0v) is 12.4. The highest BCUT2D eigenvalue weighted by Crippen LogP contribution is 2.59. The van der Waals surface area contributed by atoms with Crippen LogP contribution in [0.5, 0.6) is 0 Å². The van der Waals surface area contributed by atoms with E-state index in [1.54, 1.807) is 0 Å². The van der Waals surface area contributed by atoms with Gasteiger partial charge in [-0.05, 0) is 75.0 Å². The SMILES string of the molecule is CC[C@H](C)NC(=O)NCC12CC3CC(CC(C3)C1)C2. The van der Waals surface area contributed by atoms with E-state index in [0.29, 0.717) is 5.41 Å². The van der Waals surface area contributed by atoms with Crippen molar-refractivity contribution in [2.75, 3.05) is 6.54 Å². The van der Waals surface area contributed by atoms with E-state index in [2.05, 4.69) is 24.5 Å². The minimum atomic E-state index is 0.0325. The zero-order valence-electron chi connectivity index (χ0n) is 12.4. The van der Waals surface area contributed by atoms with Crippen LogP contribution in [0.25, 0.3) is 0 Å². The fraction of sp³-hybridized carbons (Fsp3) is 0.938. The highest BCUT2D eigenvalue weighted by molar-refractivity contribution is 5.74. The standard InChI is InChI=1S/C16H28N2O/c1-3-11(2)18-15(19)17-10-16-7-12-4-13(8-16)6-14(5-12)9-16/h11-14H,3-10H2,1-2H3,(H2,17,18,19)/t11-,12?,13?,14?,16?/m0/s1. The van der Waals surface area contributed by atoms with Gasteiger partial charge in [-0.1, -0.05) is 6.92 Å². The lowest BCUT2D eigenvalue weighted by atomic mass is 9.49. The first kappa shape index (κ1) is 13.3. The lowest BCUT2D eigenvalue weighted by Crippen LogP contribution is -2.52. The maximum atomic E-state index is 11.9. The van der Waals surface area contributed by atoms with Crippen LogP contribution in [-0.4, -0.2) is 18.6 Å². The molecule has 4 aliphatic rings. The summed E-state index contributed by atoms with van der Waals surface area (Å²) in [5.74, 6) is 2.89. The molecule has 4 saturated carbocycles. The molecule has 0 saturated heterocycles. The Labute approximate surface area is 116 Å². The molecule has 2 N–H and O–H groups in total. The molecule has 0 aliphatic heterocycles. The van der Waals surface area contributed by atoms with E-state index in [4.69, 9.17) is 0 Å². The van der Waals surface area contributed by atoms with Crippen LogP contribution in [-0.2, 0) is 0 Å². The molecule has 4 fully saturated rings. The second-order valence-electron chi connectivity index (χ2n) is 7.55. The molecule has 3 heteroatoms. The van der Waals surface area contributed by atoms with Gasteiger partial charge >= 0.3 is 6.03 Å². The first-order valence-corrected chi connectivity index (χ1v) is 8.13. The number of amides is 2. The van der Waals surface area contributed by atoms with Crippen LogP contribution in [0.2, 0.25) is 0 Å². The average Bonchev–Trinajstić information content (AvgIpc) is 2.35. The Bertz CT molecular complexity index is 317. The maximum Gasteiger partial charge on any atom is 0.315 e. The quantitative estimate of drug-likeness (QED) is 0.803. The van der Waals surface area contributed by atoms with Gasteiger partial charge in [0, 0.05) is 12.6 Å². The van der Waals surface area contributed by atoms with Gasteiger partial charge in [0.1, 0.15) is 0 Å². The summed E-state index contributed by atoms with van der Waals surface area (Å²) >= 11 is 0. The number of urea groups is 1. The van der Waals surface area contributed by atoms with Crippen molar-refractivity contribution in [3.63, 3.8) is 0 Å². The summed E-state index contributed by atoms with van der Waals surface area (Å²) in [5, 5.41) is 6.17. The third-order valence-corrected chi connectivity index (χ3v) is 5.78. The lowest BCUT2D eigenvalue weighted by molar-refractivity contribution is -0.0498. The van der Waals surface area contributed by atoms with E-state index >= 15 is 0 Å². The molecule has 0 radical (unpaired) electrons. The van der Waals surface area contributed by atoms with E-state index in [-0.39, 0.29) is 12.1 Å². The molecule has 108 valence electrons. The van der Waals surface area contributed by atoms with E-state index in [1.165, 1.54) is 38.5 Å². The number of hydrogen-bond acceptors (Lipinski definition) is 1. The summed E-state index contributed by atoms with van der Waals surface area (Å²) in [6, 6.07) is 0.307. The average molecular weight is 264 g/mol. The van der Waals surface area contributed by atoms with Gasteiger partial charge < -0.3 is 10.6 Å². The van der Waals surface area contributed by atoms with Gasteiger partial charge in [-0.15, -0.1) is 0 Å². The Morgan fingerprint density at radius 3 is 2.16 bits per heavy atom. The molecule has 4 aliphatic carbocycles. The van der Waals surface area contributed by atoms with E-state index in [0.717, 1.165) is 30.7 Å². The molecule has 0 aromatic rings. The summed E-state index contributed by atoms with van der Waals surface area (Å²) in [5.41, 5.74) is 0.446. The maximum absolute atomic E-state index is 11.9. The Balaban J connectivity index is 1.54. The lowest BCUT2D eigenvalue weighted by Gasteiger charge is -2.56. The van der Waals surface area contributed by atoms with Gasteiger partial charge in [0.2, 0.25) is 0 Å². The van der Waals surface area contributed by atoms with Crippen molar-refractivity contribution in [3.05, 3.63) is 0 Å². The van der Waals surface area contributed by atoms with E-state index < -0.39 is 0 Å². The second kappa shape index (κ2) is 4.99. The number of hydrogen-bond donors (Lipinski definition) is 2. The minimum absolute atomic E-state index is 0.0325. The van der Waals surface area contributed by atoms with Gasteiger partial charge in [0.05, 0.1) is 0 Å². The highest BCUT2D eigenvalue weighted by Gasteiger charge is 2.50. The van der Waals surface area contributed by atoms with Gasteiger partial charge in [-0.3, -0.25) is 0 Å². The van der Waals surface area contributed by atoms with Gasteiger partial charge in [0.15, 0.2) is 0 Å². The molecule has 0 heterocycles. The van der Waals surface area contributed by atoms with Crippen LogP contribution in [0.15, 0.2) is 0 Å². The Hall–Kier alpha value is -0.730. The summed E-state index contributed by atoms with van der Waals surface area (Å²) in [7, 11) is 0. The highest BCUT2D eigenvalue weighted by atomic mass is 16.2. The van der Waals surface area contributed by atoms with E-state index in [1.807, 2.05) is 0 Å². The number of carbonyl (C=O) groups excluding carboxylic acids is 1. The van der Waals surface area contributed by atoms with Crippen LogP contribution in [0.3, 0.4) is 0 Å². The normalized spacial score (nSPS) is 41.1. The topological polar surface area (TPSA) is 41.1 Å². The van der Waals surface area contributed by atoms with Crippen molar-refractivity contribution in [3.8, 4) is 0 Å². The molecule has 4 rings (SSSR count). The molecule has 1 atom stereocenters. The molecular formula is C16H28N2O. The molecule has 3 nitrogen and oxygen atoms in total. The molecular weight excluding hydrogens is 236 g/mol. The molecule has 0 aromatic carbocycles. The Kier molecular flexibility index (Phi) is 3.48. The number of rotatable bonds is 4. The fourth-order valence-electron chi connectivity index (χ4n) is 5.15. The van der Waals surface area contributed by atoms with Crippen molar-refractivity contribution < 1.29 is 4.79 Å². The van der Waals surface area contributed by atoms with Crippen LogP contribution in [0.1, 0.15) is 58.8 Å².